The van der Waals surface area contributed by atoms with Crippen LogP contribution in [-0.2, 0) is 0 Å². The highest BCUT2D eigenvalue weighted by Gasteiger charge is 2.21. The van der Waals surface area contributed by atoms with Crippen molar-refractivity contribution in [1.29, 1.82) is 0 Å². The molecule has 128 valence electrons. The minimum absolute atomic E-state index is 0.867. The van der Waals surface area contributed by atoms with Crippen molar-refractivity contribution in [2.45, 2.75) is 104 Å². The van der Waals surface area contributed by atoms with Crippen molar-refractivity contribution in [2.24, 2.45) is 0 Å². The second-order valence-electron chi connectivity index (χ2n) is 8.61. The first kappa shape index (κ1) is 21.4. The van der Waals surface area contributed by atoms with Gasteiger partial charge in [-0.1, -0.05) is 78.3 Å². The molecule has 0 aliphatic heterocycles. The molecule has 1 aliphatic carbocycles. The van der Waals surface area contributed by atoms with Crippen LogP contribution in [0.3, 0.4) is 0 Å². The van der Waals surface area contributed by atoms with Crippen molar-refractivity contribution >= 4 is 16.5 Å². The Morgan fingerprint density at radius 1 is 0.810 bits per heavy atom. The summed E-state index contributed by atoms with van der Waals surface area (Å²) >= 11 is 0. The van der Waals surface area contributed by atoms with Crippen molar-refractivity contribution in [2.75, 3.05) is 6.54 Å². The number of hydrogen-bond donors (Lipinski definition) is 2. The monoisotopic (exact) mass is 330 g/mol. The first-order valence-electron chi connectivity index (χ1n) is 9.17. The topological polar surface area (TPSA) is 24.1 Å². The molecular weight excluding hydrogens is 288 g/mol. The second-order valence-corrected chi connectivity index (χ2v) is 18.3. The van der Waals surface area contributed by atoms with Crippen LogP contribution in [0.2, 0.25) is 39.3 Å². The van der Waals surface area contributed by atoms with Crippen LogP contribution in [0.5, 0.6) is 0 Å². The van der Waals surface area contributed by atoms with Crippen LogP contribution in [0.1, 0.15) is 58.3 Å². The van der Waals surface area contributed by atoms with E-state index in [2.05, 4.69) is 56.2 Å². The SMILES string of the molecule is CCCCCCN[Si](C)(C)C.C[Si](C)(C)NC1CCCC1. The third-order valence-electron chi connectivity index (χ3n) is 3.68. The van der Waals surface area contributed by atoms with Gasteiger partial charge < -0.3 is 9.96 Å². The van der Waals surface area contributed by atoms with Gasteiger partial charge in [-0.05, 0) is 25.8 Å². The molecule has 0 saturated heterocycles. The van der Waals surface area contributed by atoms with Crippen LogP contribution in [-0.4, -0.2) is 29.1 Å². The van der Waals surface area contributed by atoms with E-state index in [0.29, 0.717) is 0 Å². The highest BCUT2D eigenvalue weighted by molar-refractivity contribution is 6.74. The zero-order chi connectivity index (χ0) is 16.4. The van der Waals surface area contributed by atoms with Crippen molar-refractivity contribution in [3.63, 3.8) is 0 Å². The lowest BCUT2D eigenvalue weighted by molar-refractivity contribution is 0.632. The minimum atomic E-state index is -0.972. The smallest absolute Gasteiger partial charge is 0.116 e. The number of nitrogens with one attached hydrogen (secondary N) is 2. The predicted molar refractivity (Wildman–Crippen MR) is 104 cm³/mol. The average Bonchev–Trinajstić information content (AvgIpc) is 2.78. The molecule has 0 aromatic heterocycles. The lowest BCUT2D eigenvalue weighted by Crippen LogP contribution is -2.46. The maximum Gasteiger partial charge on any atom is 0.116 e. The van der Waals surface area contributed by atoms with Gasteiger partial charge in [0, 0.05) is 6.04 Å². The summed E-state index contributed by atoms with van der Waals surface area (Å²) in [5, 5.41) is 0. The summed E-state index contributed by atoms with van der Waals surface area (Å²) < 4.78 is 0. The first-order chi connectivity index (χ1) is 9.64. The van der Waals surface area contributed by atoms with E-state index in [4.69, 9.17) is 0 Å². The fourth-order valence-electron chi connectivity index (χ4n) is 2.70. The van der Waals surface area contributed by atoms with Gasteiger partial charge in [0.15, 0.2) is 0 Å². The second kappa shape index (κ2) is 11.0. The molecule has 1 fully saturated rings. The van der Waals surface area contributed by atoms with Gasteiger partial charge in [0.05, 0.1) is 0 Å². The number of hydrogen-bond acceptors (Lipinski definition) is 2. The van der Waals surface area contributed by atoms with Crippen LogP contribution in [0.25, 0.3) is 0 Å². The Bertz CT molecular complexity index is 238. The van der Waals surface area contributed by atoms with Gasteiger partial charge in [-0.2, -0.15) is 0 Å². The Balaban J connectivity index is 0.000000382. The Morgan fingerprint density at radius 3 is 1.81 bits per heavy atom. The molecule has 2 nitrogen and oxygen atoms in total. The van der Waals surface area contributed by atoms with Crippen LogP contribution in [0, 0.1) is 0 Å². The lowest BCUT2D eigenvalue weighted by atomic mass is 10.2. The van der Waals surface area contributed by atoms with Crippen molar-refractivity contribution < 1.29 is 0 Å². The molecule has 4 heteroatoms. The van der Waals surface area contributed by atoms with E-state index >= 15 is 0 Å². The maximum atomic E-state index is 3.76. The zero-order valence-corrected chi connectivity index (χ0v) is 17.9. The molecule has 1 aliphatic rings. The van der Waals surface area contributed by atoms with Crippen LogP contribution >= 0.6 is 0 Å². The van der Waals surface area contributed by atoms with Gasteiger partial charge in [-0.3, -0.25) is 0 Å². The summed E-state index contributed by atoms with van der Waals surface area (Å²) in [4.78, 5) is 7.38. The van der Waals surface area contributed by atoms with E-state index in [1.807, 2.05) is 0 Å². The molecule has 0 aromatic carbocycles. The molecule has 0 aromatic rings. The zero-order valence-electron chi connectivity index (χ0n) is 15.9. The van der Waals surface area contributed by atoms with Crippen molar-refractivity contribution in [1.82, 2.24) is 9.96 Å². The number of rotatable bonds is 8. The van der Waals surface area contributed by atoms with Crippen LogP contribution in [0.4, 0.5) is 0 Å². The van der Waals surface area contributed by atoms with E-state index in [-0.39, 0.29) is 0 Å². The van der Waals surface area contributed by atoms with Gasteiger partial charge in [0.25, 0.3) is 0 Å². The highest BCUT2D eigenvalue weighted by atomic mass is 28.3. The van der Waals surface area contributed by atoms with Gasteiger partial charge in [-0.25, -0.2) is 0 Å². The molecule has 1 rings (SSSR count). The minimum Gasteiger partial charge on any atom is -0.337 e. The van der Waals surface area contributed by atoms with E-state index in [1.165, 1.54) is 57.9 Å². The molecular formula is C17H42N2Si2. The van der Waals surface area contributed by atoms with Crippen molar-refractivity contribution in [3.05, 3.63) is 0 Å². The summed E-state index contributed by atoms with van der Waals surface area (Å²) in [6, 6.07) is 0.867. The Morgan fingerprint density at radius 2 is 1.38 bits per heavy atom. The summed E-state index contributed by atoms with van der Waals surface area (Å²) in [5.41, 5.74) is 0. The third-order valence-corrected chi connectivity index (χ3v) is 6.26. The molecule has 1 saturated carbocycles. The fraction of sp³-hybridized carbons (Fsp3) is 1.00. The van der Waals surface area contributed by atoms with Gasteiger partial charge in [0.2, 0.25) is 0 Å². The van der Waals surface area contributed by atoms with Crippen LogP contribution < -0.4 is 9.96 Å². The first-order valence-corrected chi connectivity index (χ1v) is 16.2. The lowest BCUT2D eigenvalue weighted by Gasteiger charge is -2.23. The van der Waals surface area contributed by atoms with Crippen LogP contribution in [0.15, 0.2) is 0 Å². The molecule has 0 amide bonds. The molecule has 0 atom stereocenters. The molecule has 0 spiro atoms. The maximum absolute atomic E-state index is 3.76. The Kier molecular flexibility index (Phi) is 11.2. The number of unbranched alkanes of at least 4 members (excludes halogenated alkanes) is 3. The quantitative estimate of drug-likeness (QED) is 0.463. The van der Waals surface area contributed by atoms with E-state index in [9.17, 15) is 0 Å². The van der Waals surface area contributed by atoms with E-state index in [0.717, 1.165) is 6.04 Å². The molecule has 0 unspecified atom stereocenters. The Hall–Kier alpha value is 0.354. The summed E-state index contributed by atoms with van der Waals surface area (Å²) in [6.07, 6.45) is 11.2. The van der Waals surface area contributed by atoms with E-state index in [1.54, 1.807) is 0 Å². The standard InChI is InChI=1S/C9H23NSi.C8H19NSi/c1-5-6-7-8-9-10-11(2,3)4;1-10(2,3)9-8-6-4-5-7-8/h10H,5-9H2,1-4H3;8-9H,4-7H2,1-3H3. The van der Waals surface area contributed by atoms with Gasteiger partial charge in [0.1, 0.15) is 16.5 Å². The summed E-state index contributed by atoms with van der Waals surface area (Å²) in [6.45, 7) is 17.7. The molecule has 0 bridgehead atoms. The molecule has 21 heavy (non-hydrogen) atoms. The summed E-state index contributed by atoms with van der Waals surface area (Å²) in [5.74, 6) is 0. The van der Waals surface area contributed by atoms with Gasteiger partial charge in [-0.15, -0.1) is 0 Å². The average molecular weight is 331 g/mol. The largest absolute Gasteiger partial charge is 0.337 e. The molecule has 0 radical (unpaired) electrons. The summed E-state index contributed by atoms with van der Waals surface area (Å²) in [7, 11) is -1.94. The molecule has 2 N–H and O–H groups in total. The fourth-order valence-corrected chi connectivity index (χ4v) is 5.14. The molecule has 0 heterocycles. The Labute approximate surface area is 137 Å². The predicted octanol–water partition coefficient (Wildman–Crippen LogP) is 5.34. The highest BCUT2D eigenvalue weighted by Crippen LogP contribution is 2.19. The van der Waals surface area contributed by atoms with Crippen molar-refractivity contribution in [3.8, 4) is 0 Å². The third kappa shape index (κ3) is 16.6. The normalized spacial score (nSPS) is 16.7. The van der Waals surface area contributed by atoms with Gasteiger partial charge >= 0.3 is 0 Å². The van der Waals surface area contributed by atoms with E-state index < -0.39 is 16.5 Å².